The quantitative estimate of drug-likeness (QED) is 0.893. The van der Waals surface area contributed by atoms with Crippen LogP contribution < -0.4 is 4.90 Å². The molecule has 0 aromatic heterocycles. The molecule has 1 heterocycles. The Morgan fingerprint density at radius 1 is 1.47 bits per heavy atom. The maximum absolute atomic E-state index is 12.2. The number of hydrogen-bond donors (Lipinski definition) is 1. The van der Waals surface area contributed by atoms with Crippen molar-refractivity contribution in [3.8, 4) is 0 Å². The third kappa shape index (κ3) is 2.76. The van der Waals surface area contributed by atoms with E-state index in [1.165, 1.54) is 6.92 Å². The Morgan fingerprint density at radius 2 is 2.16 bits per heavy atom. The summed E-state index contributed by atoms with van der Waals surface area (Å²) in [5.41, 5.74) is 2.03. The van der Waals surface area contributed by atoms with E-state index in [0.29, 0.717) is 0 Å². The fourth-order valence-electron chi connectivity index (χ4n) is 2.28. The van der Waals surface area contributed by atoms with Crippen molar-refractivity contribution < 1.29 is 19.4 Å². The highest BCUT2D eigenvalue weighted by Crippen LogP contribution is 2.31. The Morgan fingerprint density at radius 3 is 2.84 bits per heavy atom. The number of amides is 1. The fraction of sp³-hybridized carbons (Fsp3) is 0.429. The predicted octanol–water partition coefficient (Wildman–Crippen LogP) is 1.45. The van der Waals surface area contributed by atoms with E-state index >= 15 is 0 Å². The summed E-state index contributed by atoms with van der Waals surface area (Å²) >= 11 is 0. The van der Waals surface area contributed by atoms with Crippen LogP contribution in [0.5, 0.6) is 0 Å². The third-order valence-electron chi connectivity index (χ3n) is 3.28. The Kier molecular flexibility index (Phi) is 3.85. The van der Waals surface area contributed by atoms with Crippen LogP contribution in [-0.4, -0.2) is 35.7 Å². The van der Waals surface area contributed by atoms with E-state index in [2.05, 4.69) is 0 Å². The number of fused-ring (bicyclic) bond motifs is 1. The molecule has 0 spiro atoms. The molecule has 5 nitrogen and oxygen atoms in total. The van der Waals surface area contributed by atoms with Gasteiger partial charge in [-0.2, -0.15) is 0 Å². The van der Waals surface area contributed by atoms with E-state index in [-0.39, 0.29) is 18.6 Å². The van der Waals surface area contributed by atoms with Gasteiger partial charge in [0.2, 0.25) is 0 Å². The number of para-hydroxylation sites is 1. The molecule has 0 fully saturated rings. The molecule has 1 aliphatic heterocycles. The molecular formula is C14H17NO4. The highest BCUT2D eigenvalue weighted by molar-refractivity contribution is 5.97. The predicted molar refractivity (Wildman–Crippen MR) is 70.1 cm³/mol. The number of carboxylic acid groups (broad SMARTS) is 1. The van der Waals surface area contributed by atoms with Crippen molar-refractivity contribution >= 4 is 17.6 Å². The lowest BCUT2D eigenvalue weighted by Gasteiger charge is -2.23. The van der Waals surface area contributed by atoms with Gasteiger partial charge < -0.3 is 14.7 Å². The number of rotatable bonds is 4. The highest BCUT2D eigenvalue weighted by Gasteiger charge is 2.30. The first-order valence-electron chi connectivity index (χ1n) is 6.25. The van der Waals surface area contributed by atoms with Crippen LogP contribution >= 0.6 is 0 Å². The molecule has 102 valence electrons. The average molecular weight is 263 g/mol. The summed E-state index contributed by atoms with van der Waals surface area (Å²) < 4.78 is 5.05. The first kappa shape index (κ1) is 13.5. The molecule has 0 radical (unpaired) electrons. The highest BCUT2D eigenvalue weighted by atomic mass is 16.5. The molecule has 5 heteroatoms. The van der Waals surface area contributed by atoms with Crippen LogP contribution in [0.4, 0.5) is 5.69 Å². The summed E-state index contributed by atoms with van der Waals surface area (Å²) in [6.07, 6.45) is -0.159. The first-order valence-corrected chi connectivity index (χ1v) is 6.25. The molecule has 0 saturated heterocycles. The molecular weight excluding hydrogens is 246 g/mol. The molecule has 1 N–H and O–H groups in total. The van der Waals surface area contributed by atoms with Gasteiger partial charge in [-0.25, -0.2) is 4.79 Å². The zero-order valence-electron chi connectivity index (χ0n) is 11.0. The Bertz CT molecular complexity index is 500. The lowest BCUT2D eigenvalue weighted by atomic mass is 10.1. The van der Waals surface area contributed by atoms with Gasteiger partial charge in [0.15, 0.2) is 6.10 Å². The van der Waals surface area contributed by atoms with Crippen molar-refractivity contribution in [2.45, 2.75) is 32.4 Å². The van der Waals surface area contributed by atoms with Crippen LogP contribution in [0.3, 0.4) is 0 Å². The number of aliphatic carboxylic acids is 1. The van der Waals surface area contributed by atoms with Crippen LogP contribution in [0.25, 0.3) is 0 Å². The summed E-state index contributed by atoms with van der Waals surface area (Å²) in [6, 6.07) is 7.81. The van der Waals surface area contributed by atoms with Crippen molar-refractivity contribution in [3.63, 3.8) is 0 Å². The lowest BCUT2D eigenvalue weighted by Crippen LogP contribution is -2.39. The monoisotopic (exact) mass is 263 g/mol. The number of hydrogen-bond acceptors (Lipinski definition) is 3. The summed E-state index contributed by atoms with van der Waals surface area (Å²) in [6.45, 7) is 3.17. The Balaban J connectivity index is 2.06. The molecule has 2 atom stereocenters. The largest absolute Gasteiger partial charge is 0.479 e. The van der Waals surface area contributed by atoms with Gasteiger partial charge in [0.25, 0.3) is 5.91 Å². The maximum atomic E-state index is 12.2. The van der Waals surface area contributed by atoms with Crippen molar-refractivity contribution in [3.05, 3.63) is 29.8 Å². The molecule has 1 unspecified atom stereocenters. The van der Waals surface area contributed by atoms with Crippen molar-refractivity contribution in [2.75, 3.05) is 11.5 Å². The van der Waals surface area contributed by atoms with Gasteiger partial charge in [-0.3, -0.25) is 4.79 Å². The van der Waals surface area contributed by atoms with E-state index in [1.807, 2.05) is 31.2 Å². The maximum Gasteiger partial charge on any atom is 0.332 e. The summed E-state index contributed by atoms with van der Waals surface area (Å²) in [5, 5.41) is 8.72. The van der Waals surface area contributed by atoms with Gasteiger partial charge in [-0.1, -0.05) is 18.2 Å². The van der Waals surface area contributed by atoms with Crippen molar-refractivity contribution in [2.24, 2.45) is 0 Å². The minimum absolute atomic E-state index is 0.0774. The average Bonchev–Trinajstić information content (AvgIpc) is 2.71. The number of nitrogens with zero attached hydrogens (tertiary/aromatic N) is 1. The van der Waals surface area contributed by atoms with Gasteiger partial charge in [-0.15, -0.1) is 0 Å². The minimum Gasteiger partial charge on any atom is -0.479 e. The zero-order chi connectivity index (χ0) is 14.0. The number of ether oxygens (including phenoxy) is 1. The van der Waals surface area contributed by atoms with E-state index in [4.69, 9.17) is 9.84 Å². The summed E-state index contributed by atoms with van der Waals surface area (Å²) in [7, 11) is 0. The van der Waals surface area contributed by atoms with Crippen LogP contribution in [0, 0.1) is 0 Å². The molecule has 2 rings (SSSR count). The van der Waals surface area contributed by atoms with E-state index in [0.717, 1.165) is 17.7 Å². The number of carbonyl (C=O) groups is 2. The minimum atomic E-state index is -1.07. The fourth-order valence-corrected chi connectivity index (χ4v) is 2.28. The molecule has 0 bridgehead atoms. The van der Waals surface area contributed by atoms with E-state index in [9.17, 15) is 9.59 Å². The molecule has 1 aromatic carbocycles. The Hall–Kier alpha value is -1.88. The van der Waals surface area contributed by atoms with Gasteiger partial charge in [0, 0.05) is 11.7 Å². The first-order chi connectivity index (χ1) is 9.00. The summed E-state index contributed by atoms with van der Waals surface area (Å²) in [5.74, 6) is -1.27. The molecule has 1 amide bonds. The molecule has 1 aromatic rings. The molecule has 19 heavy (non-hydrogen) atoms. The summed E-state index contributed by atoms with van der Waals surface area (Å²) in [4.78, 5) is 24.5. The second-order valence-electron chi connectivity index (χ2n) is 4.74. The van der Waals surface area contributed by atoms with Gasteiger partial charge >= 0.3 is 5.97 Å². The van der Waals surface area contributed by atoms with E-state index in [1.54, 1.807) is 4.90 Å². The van der Waals surface area contributed by atoms with Gasteiger partial charge in [0.1, 0.15) is 6.61 Å². The molecule has 0 saturated carbocycles. The van der Waals surface area contributed by atoms with Crippen LogP contribution in [-0.2, 0) is 20.7 Å². The lowest BCUT2D eigenvalue weighted by molar-refractivity contribution is -0.150. The topological polar surface area (TPSA) is 66.8 Å². The second kappa shape index (κ2) is 5.40. The molecule has 1 aliphatic rings. The van der Waals surface area contributed by atoms with Gasteiger partial charge in [0.05, 0.1) is 0 Å². The number of anilines is 1. The van der Waals surface area contributed by atoms with Gasteiger partial charge in [-0.05, 0) is 31.9 Å². The van der Waals surface area contributed by atoms with E-state index < -0.39 is 12.1 Å². The molecule has 0 aliphatic carbocycles. The number of carbonyl (C=O) groups excluding carboxylic acids is 1. The Labute approximate surface area is 111 Å². The number of carboxylic acids is 1. The van der Waals surface area contributed by atoms with Crippen molar-refractivity contribution in [1.29, 1.82) is 0 Å². The van der Waals surface area contributed by atoms with Crippen molar-refractivity contribution in [1.82, 2.24) is 0 Å². The SMILES string of the molecule is CC1Cc2ccccc2N1C(=O)CO[C@@H](C)C(=O)O. The standard InChI is InChI=1S/C14H17NO4/c1-9-7-11-5-3-4-6-12(11)15(9)13(16)8-19-10(2)14(17)18/h3-6,9-10H,7-8H2,1-2H3,(H,17,18)/t9?,10-/m0/s1. The van der Waals surface area contributed by atoms with Crippen LogP contribution in [0.1, 0.15) is 19.4 Å². The third-order valence-corrected chi connectivity index (χ3v) is 3.28. The van der Waals surface area contributed by atoms with Crippen LogP contribution in [0.15, 0.2) is 24.3 Å². The van der Waals surface area contributed by atoms with Crippen LogP contribution in [0.2, 0.25) is 0 Å². The number of benzene rings is 1. The zero-order valence-corrected chi connectivity index (χ0v) is 11.0. The second-order valence-corrected chi connectivity index (χ2v) is 4.74. The smallest absolute Gasteiger partial charge is 0.332 e. The normalized spacial score (nSPS) is 19.1.